The predicted molar refractivity (Wildman–Crippen MR) is 148 cm³/mol. The number of aromatic nitrogens is 3. The number of aliphatic carboxylic acids is 1. The number of nitrogens with zero attached hydrogens (tertiary/aromatic N) is 3. The van der Waals surface area contributed by atoms with E-state index in [4.69, 9.17) is 9.97 Å². The summed E-state index contributed by atoms with van der Waals surface area (Å²) < 4.78 is 2.26. The van der Waals surface area contributed by atoms with Gasteiger partial charge in [0.15, 0.2) is 0 Å². The molecule has 2 aromatic heterocycles. The Kier molecular flexibility index (Phi) is 8.25. The number of carboxylic acid groups (broad SMARTS) is 1. The lowest BCUT2D eigenvalue weighted by Gasteiger charge is -2.26. The number of hydrogen-bond donors (Lipinski definition) is 2. The molecule has 2 aromatic rings. The van der Waals surface area contributed by atoms with Gasteiger partial charge in [-0.15, -0.1) is 0 Å². The van der Waals surface area contributed by atoms with Crippen LogP contribution in [-0.2, 0) is 22.2 Å². The summed E-state index contributed by atoms with van der Waals surface area (Å²) in [6.07, 6.45) is 6.16. The van der Waals surface area contributed by atoms with Gasteiger partial charge in [-0.2, -0.15) is 0 Å². The molecular formula is C30H46N4O3. The minimum absolute atomic E-state index is 0.0552. The molecule has 7 heteroatoms. The van der Waals surface area contributed by atoms with Gasteiger partial charge in [0.1, 0.15) is 5.82 Å². The van der Waals surface area contributed by atoms with Gasteiger partial charge in [-0.1, -0.05) is 60.8 Å². The van der Waals surface area contributed by atoms with E-state index in [9.17, 15) is 14.7 Å². The third-order valence-corrected chi connectivity index (χ3v) is 7.47. The normalized spacial score (nSPS) is 15.6. The Morgan fingerprint density at radius 2 is 1.59 bits per heavy atom. The summed E-state index contributed by atoms with van der Waals surface area (Å²) in [5.74, 6) is 0.153. The summed E-state index contributed by atoms with van der Waals surface area (Å²) in [4.78, 5) is 34.8. The van der Waals surface area contributed by atoms with Crippen molar-refractivity contribution in [2.75, 3.05) is 6.54 Å². The number of carboxylic acids is 1. The fourth-order valence-corrected chi connectivity index (χ4v) is 4.72. The highest BCUT2D eigenvalue weighted by Crippen LogP contribution is 2.34. The molecule has 0 aliphatic heterocycles. The van der Waals surface area contributed by atoms with E-state index >= 15 is 0 Å². The van der Waals surface area contributed by atoms with Gasteiger partial charge in [-0.05, 0) is 51.7 Å². The number of hydrogen-bond acceptors (Lipinski definition) is 4. The van der Waals surface area contributed by atoms with E-state index in [1.54, 1.807) is 13.8 Å². The predicted octanol–water partition coefficient (Wildman–Crippen LogP) is 6.27. The smallest absolute Gasteiger partial charge is 0.310 e. The standard InChI is InChI=1S/C30H46N4O3/c1-19-21(25(35)31-18-30(8,9)27(36)37)15-23(34(19)17-20-13-11-10-12-14-20)22-16-24(28(2,3)4)33-26(32-22)29(5,6)7/h15-16,20H,10-14,17-18H2,1-9H3,(H,31,35)(H,36,37). The molecule has 2 N–H and O–H groups in total. The maximum Gasteiger partial charge on any atom is 0.310 e. The molecule has 7 nitrogen and oxygen atoms in total. The largest absolute Gasteiger partial charge is 0.481 e. The van der Waals surface area contributed by atoms with E-state index in [1.165, 1.54) is 32.1 Å². The molecule has 2 heterocycles. The lowest BCUT2D eigenvalue weighted by molar-refractivity contribution is -0.146. The summed E-state index contributed by atoms with van der Waals surface area (Å²) in [6.45, 7) is 18.9. The summed E-state index contributed by atoms with van der Waals surface area (Å²) in [6, 6.07) is 4.00. The number of amides is 1. The van der Waals surface area contributed by atoms with Crippen molar-refractivity contribution in [3.8, 4) is 11.4 Å². The Morgan fingerprint density at radius 1 is 0.973 bits per heavy atom. The molecule has 1 aliphatic rings. The quantitative estimate of drug-likeness (QED) is 0.458. The van der Waals surface area contributed by atoms with Crippen molar-refractivity contribution in [1.29, 1.82) is 0 Å². The van der Waals surface area contributed by atoms with Crippen LogP contribution < -0.4 is 5.32 Å². The Bertz CT molecular complexity index is 1110. The van der Waals surface area contributed by atoms with Crippen LogP contribution in [0.25, 0.3) is 11.4 Å². The van der Waals surface area contributed by atoms with Crippen molar-refractivity contribution in [1.82, 2.24) is 19.9 Å². The van der Waals surface area contributed by atoms with Crippen LogP contribution >= 0.6 is 0 Å². The van der Waals surface area contributed by atoms with Crippen LogP contribution in [0.4, 0.5) is 0 Å². The van der Waals surface area contributed by atoms with E-state index < -0.39 is 11.4 Å². The van der Waals surface area contributed by atoms with Crippen molar-refractivity contribution in [2.45, 2.75) is 112 Å². The summed E-state index contributed by atoms with van der Waals surface area (Å²) in [7, 11) is 0. The zero-order chi connectivity index (χ0) is 27.8. The van der Waals surface area contributed by atoms with Crippen LogP contribution in [0.1, 0.15) is 115 Å². The molecule has 0 saturated heterocycles. The molecule has 0 atom stereocenters. The average molecular weight is 511 g/mol. The number of carbonyl (C=O) groups excluding carboxylic acids is 1. The Morgan fingerprint density at radius 3 is 2.14 bits per heavy atom. The molecular weight excluding hydrogens is 464 g/mol. The van der Waals surface area contributed by atoms with Crippen molar-refractivity contribution in [2.24, 2.45) is 11.3 Å². The molecule has 0 spiro atoms. The lowest BCUT2D eigenvalue weighted by Crippen LogP contribution is -2.39. The second-order valence-corrected chi connectivity index (χ2v) is 13.5. The summed E-state index contributed by atoms with van der Waals surface area (Å²) in [5, 5.41) is 12.3. The molecule has 1 saturated carbocycles. The Balaban J connectivity index is 2.12. The maximum absolute atomic E-state index is 13.3. The maximum atomic E-state index is 13.3. The highest BCUT2D eigenvalue weighted by molar-refractivity contribution is 5.97. The van der Waals surface area contributed by atoms with Crippen LogP contribution in [0.3, 0.4) is 0 Å². The van der Waals surface area contributed by atoms with Gasteiger partial charge < -0.3 is 15.0 Å². The van der Waals surface area contributed by atoms with Crippen LogP contribution in [0.2, 0.25) is 0 Å². The fourth-order valence-electron chi connectivity index (χ4n) is 4.72. The first-order valence-corrected chi connectivity index (χ1v) is 13.6. The van der Waals surface area contributed by atoms with Gasteiger partial charge in [0.25, 0.3) is 5.91 Å². The van der Waals surface area contributed by atoms with Crippen molar-refractivity contribution in [3.63, 3.8) is 0 Å². The molecule has 1 amide bonds. The number of rotatable bonds is 7. The highest BCUT2D eigenvalue weighted by Gasteiger charge is 2.30. The molecule has 0 radical (unpaired) electrons. The van der Waals surface area contributed by atoms with E-state index in [0.717, 1.165) is 35.1 Å². The van der Waals surface area contributed by atoms with Crippen LogP contribution in [0.5, 0.6) is 0 Å². The van der Waals surface area contributed by atoms with Crippen LogP contribution in [0, 0.1) is 18.3 Å². The average Bonchev–Trinajstić information content (AvgIpc) is 3.12. The first-order valence-electron chi connectivity index (χ1n) is 13.6. The van der Waals surface area contributed by atoms with Crippen molar-refractivity contribution < 1.29 is 14.7 Å². The molecule has 3 rings (SSSR count). The van der Waals surface area contributed by atoms with Crippen molar-refractivity contribution in [3.05, 3.63) is 34.9 Å². The first-order chi connectivity index (χ1) is 17.0. The zero-order valence-electron chi connectivity index (χ0n) is 24.3. The van der Waals surface area contributed by atoms with Gasteiger partial charge in [-0.25, -0.2) is 9.97 Å². The van der Waals surface area contributed by atoms with Crippen LogP contribution in [-0.4, -0.2) is 38.1 Å². The van der Waals surface area contributed by atoms with E-state index in [1.807, 2.05) is 13.0 Å². The molecule has 0 bridgehead atoms. The number of carbonyl (C=O) groups is 2. The molecule has 0 unspecified atom stereocenters. The molecule has 37 heavy (non-hydrogen) atoms. The van der Waals surface area contributed by atoms with E-state index in [-0.39, 0.29) is 23.3 Å². The van der Waals surface area contributed by atoms with Crippen LogP contribution in [0.15, 0.2) is 12.1 Å². The Labute approximate surface area is 222 Å². The molecule has 0 aromatic carbocycles. The van der Waals surface area contributed by atoms with Gasteiger partial charge in [0.2, 0.25) is 0 Å². The van der Waals surface area contributed by atoms with Gasteiger partial charge in [0.05, 0.1) is 28.1 Å². The van der Waals surface area contributed by atoms with Crippen molar-refractivity contribution >= 4 is 11.9 Å². The first kappa shape index (κ1) is 28.9. The Hall–Kier alpha value is -2.70. The van der Waals surface area contributed by atoms with E-state index in [2.05, 4.69) is 57.5 Å². The summed E-state index contributed by atoms with van der Waals surface area (Å²) >= 11 is 0. The number of nitrogens with one attached hydrogen (secondary N) is 1. The SMILES string of the molecule is Cc1c(C(=O)NCC(C)(C)C(=O)O)cc(-c2cc(C(C)(C)C)nc(C(C)(C)C)n2)n1CC1CCCCC1. The van der Waals surface area contributed by atoms with Gasteiger partial charge in [0, 0.05) is 29.6 Å². The highest BCUT2D eigenvalue weighted by atomic mass is 16.4. The third kappa shape index (κ3) is 6.79. The lowest BCUT2D eigenvalue weighted by atomic mass is 9.89. The van der Waals surface area contributed by atoms with Gasteiger partial charge >= 0.3 is 5.97 Å². The molecule has 1 aliphatic carbocycles. The monoisotopic (exact) mass is 510 g/mol. The molecule has 204 valence electrons. The third-order valence-electron chi connectivity index (χ3n) is 7.47. The minimum Gasteiger partial charge on any atom is -0.481 e. The summed E-state index contributed by atoms with van der Waals surface area (Å²) in [5.41, 5.74) is 2.74. The van der Waals surface area contributed by atoms with Gasteiger partial charge in [-0.3, -0.25) is 9.59 Å². The zero-order valence-corrected chi connectivity index (χ0v) is 24.3. The second-order valence-electron chi connectivity index (χ2n) is 13.5. The van der Waals surface area contributed by atoms with E-state index in [0.29, 0.717) is 11.5 Å². The fraction of sp³-hybridized carbons (Fsp3) is 0.667. The topological polar surface area (TPSA) is 97.1 Å². The second kappa shape index (κ2) is 10.6. The minimum atomic E-state index is -1.05. The molecule has 1 fully saturated rings.